The zero-order valence-corrected chi connectivity index (χ0v) is 8.90. The number of Topliss-reactive ketones (excluding diaryl/α,β-unsaturated/α-hetero) is 1. The normalized spacial score (nSPS) is 40.6. The minimum Gasteiger partial charge on any atom is -0.467 e. The number of nitrogens with zero attached hydrogens (tertiary/aromatic N) is 1. The van der Waals surface area contributed by atoms with Crippen molar-refractivity contribution in [1.29, 1.82) is 0 Å². The molecule has 0 amide bonds. The Balaban J connectivity index is 2.42. The molecule has 2 heterocycles. The molecule has 0 aromatic heterocycles. The Labute approximate surface area is 88.0 Å². The summed E-state index contributed by atoms with van der Waals surface area (Å²) >= 11 is 0. The first kappa shape index (κ1) is 10.6. The second kappa shape index (κ2) is 3.28. The van der Waals surface area contributed by atoms with Gasteiger partial charge in [-0.1, -0.05) is 0 Å². The lowest BCUT2D eigenvalue weighted by molar-refractivity contribution is -0.166. The van der Waals surface area contributed by atoms with E-state index in [1.165, 1.54) is 7.11 Å². The molecule has 2 aliphatic heterocycles. The minimum absolute atomic E-state index is 0.108. The molecule has 2 fully saturated rings. The highest BCUT2D eigenvalue weighted by molar-refractivity contribution is 6.11. The second-order valence-corrected chi connectivity index (χ2v) is 4.27. The summed E-state index contributed by atoms with van der Waals surface area (Å²) in [6, 6.07) is 0.108. The van der Waals surface area contributed by atoms with Gasteiger partial charge in [-0.25, -0.2) is 4.79 Å². The second-order valence-electron chi connectivity index (χ2n) is 4.27. The highest BCUT2D eigenvalue weighted by Gasteiger charge is 2.61. The lowest BCUT2D eigenvalue weighted by Crippen LogP contribution is -2.64. The molecule has 1 N–H and O–H groups in total. The number of ether oxygens (including phenoxy) is 1. The number of fused-ring (bicyclic) bond motifs is 2. The largest absolute Gasteiger partial charge is 0.467 e. The third-order valence-corrected chi connectivity index (χ3v) is 3.72. The van der Waals surface area contributed by atoms with E-state index < -0.39 is 23.4 Å². The molecular weight excluding hydrogens is 198 g/mol. The Bertz CT molecular complexity index is 317. The smallest absolute Gasteiger partial charge is 0.334 e. The van der Waals surface area contributed by atoms with E-state index in [0.717, 1.165) is 6.42 Å². The fraction of sp³-hybridized carbons (Fsp3) is 0.800. The van der Waals surface area contributed by atoms with Crippen LogP contribution in [0.5, 0.6) is 0 Å². The number of rotatable bonds is 1. The highest BCUT2D eigenvalue weighted by Crippen LogP contribution is 2.41. The number of esters is 1. The summed E-state index contributed by atoms with van der Waals surface area (Å²) in [6.07, 6.45) is 0.618. The van der Waals surface area contributed by atoms with Crippen molar-refractivity contribution in [3.8, 4) is 0 Å². The molecule has 0 spiro atoms. The molecule has 1 unspecified atom stereocenters. The van der Waals surface area contributed by atoms with Crippen molar-refractivity contribution in [3.05, 3.63) is 0 Å². The molecule has 2 rings (SSSR count). The third-order valence-electron chi connectivity index (χ3n) is 3.72. The SMILES string of the molecule is COC(=O)[C@]12CC[C@@H](CC(O)C1=O)N2C. The number of carbonyl (C=O) groups excluding carboxylic acids is 2. The van der Waals surface area contributed by atoms with E-state index >= 15 is 0 Å². The van der Waals surface area contributed by atoms with Gasteiger partial charge in [-0.05, 0) is 26.3 Å². The lowest BCUT2D eigenvalue weighted by Gasteiger charge is -2.40. The van der Waals surface area contributed by atoms with Crippen LogP contribution in [0.3, 0.4) is 0 Å². The number of aliphatic hydroxyl groups is 1. The number of carbonyl (C=O) groups is 2. The molecule has 2 aliphatic rings. The summed E-state index contributed by atoms with van der Waals surface area (Å²) in [7, 11) is 3.02. The van der Waals surface area contributed by atoms with Crippen LogP contribution in [0, 0.1) is 0 Å². The first-order valence-corrected chi connectivity index (χ1v) is 5.07. The summed E-state index contributed by atoms with van der Waals surface area (Å²) in [5.74, 6) is -0.957. The van der Waals surface area contributed by atoms with Gasteiger partial charge in [-0.2, -0.15) is 0 Å². The maximum absolute atomic E-state index is 11.9. The van der Waals surface area contributed by atoms with E-state index in [4.69, 9.17) is 0 Å². The number of hydrogen-bond acceptors (Lipinski definition) is 5. The van der Waals surface area contributed by atoms with E-state index in [2.05, 4.69) is 4.74 Å². The van der Waals surface area contributed by atoms with Crippen LogP contribution < -0.4 is 0 Å². The van der Waals surface area contributed by atoms with E-state index in [9.17, 15) is 14.7 Å². The van der Waals surface area contributed by atoms with Gasteiger partial charge in [0.1, 0.15) is 6.10 Å². The van der Waals surface area contributed by atoms with Gasteiger partial charge in [-0.3, -0.25) is 9.69 Å². The highest BCUT2D eigenvalue weighted by atomic mass is 16.5. The minimum atomic E-state index is -1.23. The van der Waals surface area contributed by atoms with E-state index in [-0.39, 0.29) is 6.04 Å². The Morgan fingerprint density at radius 2 is 2.33 bits per heavy atom. The maximum Gasteiger partial charge on any atom is 0.334 e. The number of likely N-dealkylation sites (N-methyl/N-ethyl adjacent to an activating group) is 1. The summed E-state index contributed by atoms with van der Waals surface area (Å²) in [4.78, 5) is 25.4. The van der Waals surface area contributed by atoms with Gasteiger partial charge >= 0.3 is 5.97 Å². The van der Waals surface area contributed by atoms with Crippen LogP contribution in [-0.2, 0) is 14.3 Å². The summed E-state index contributed by atoms with van der Waals surface area (Å²) in [6.45, 7) is 0. The monoisotopic (exact) mass is 213 g/mol. The molecule has 84 valence electrons. The van der Waals surface area contributed by atoms with Gasteiger partial charge in [0.05, 0.1) is 7.11 Å². The van der Waals surface area contributed by atoms with Gasteiger partial charge in [0.25, 0.3) is 0 Å². The average Bonchev–Trinajstić information content (AvgIpc) is 2.48. The fourth-order valence-corrected chi connectivity index (χ4v) is 2.79. The van der Waals surface area contributed by atoms with Crippen molar-refractivity contribution in [2.75, 3.05) is 14.2 Å². The lowest BCUT2D eigenvalue weighted by atomic mass is 9.85. The maximum atomic E-state index is 11.9. The third kappa shape index (κ3) is 1.16. The first-order chi connectivity index (χ1) is 7.04. The van der Waals surface area contributed by atoms with Gasteiger partial charge in [0.2, 0.25) is 0 Å². The number of ketones is 1. The van der Waals surface area contributed by atoms with Crippen molar-refractivity contribution in [2.45, 2.75) is 36.9 Å². The van der Waals surface area contributed by atoms with Crippen molar-refractivity contribution >= 4 is 11.8 Å². The molecule has 3 atom stereocenters. The van der Waals surface area contributed by atoms with Crippen molar-refractivity contribution in [3.63, 3.8) is 0 Å². The molecule has 5 heteroatoms. The average molecular weight is 213 g/mol. The van der Waals surface area contributed by atoms with Crippen LogP contribution in [0.4, 0.5) is 0 Å². The molecule has 15 heavy (non-hydrogen) atoms. The Kier molecular flexibility index (Phi) is 2.31. The van der Waals surface area contributed by atoms with Gasteiger partial charge in [-0.15, -0.1) is 0 Å². The molecule has 0 radical (unpaired) electrons. The topological polar surface area (TPSA) is 66.8 Å². The van der Waals surface area contributed by atoms with Crippen molar-refractivity contribution < 1.29 is 19.4 Å². The molecule has 2 bridgehead atoms. The first-order valence-electron chi connectivity index (χ1n) is 5.07. The molecule has 0 aromatic rings. The fourth-order valence-electron chi connectivity index (χ4n) is 2.79. The van der Waals surface area contributed by atoms with Crippen LogP contribution in [0.25, 0.3) is 0 Å². The van der Waals surface area contributed by atoms with Crippen LogP contribution in [0.1, 0.15) is 19.3 Å². The molecule has 2 saturated heterocycles. The molecule has 0 aromatic carbocycles. The molecular formula is C10H15NO4. The molecule has 0 saturated carbocycles. The summed E-state index contributed by atoms with van der Waals surface area (Å²) < 4.78 is 4.69. The van der Waals surface area contributed by atoms with Crippen LogP contribution in [0.15, 0.2) is 0 Å². The Hall–Kier alpha value is -0.940. The van der Waals surface area contributed by atoms with Crippen LogP contribution in [-0.4, -0.2) is 53.6 Å². The molecule has 5 nitrogen and oxygen atoms in total. The number of piperidine rings is 1. The number of aliphatic hydroxyl groups excluding tert-OH is 1. The molecule has 0 aliphatic carbocycles. The van der Waals surface area contributed by atoms with Gasteiger partial charge < -0.3 is 9.84 Å². The Morgan fingerprint density at radius 1 is 1.67 bits per heavy atom. The van der Waals surface area contributed by atoms with E-state index in [0.29, 0.717) is 12.8 Å². The summed E-state index contributed by atoms with van der Waals surface area (Å²) in [5, 5.41) is 9.60. The Morgan fingerprint density at radius 3 is 2.93 bits per heavy atom. The van der Waals surface area contributed by atoms with Crippen LogP contribution >= 0.6 is 0 Å². The van der Waals surface area contributed by atoms with E-state index in [1.54, 1.807) is 11.9 Å². The zero-order chi connectivity index (χ0) is 11.2. The van der Waals surface area contributed by atoms with Crippen LogP contribution in [0.2, 0.25) is 0 Å². The standard InChI is InChI=1S/C10H15NO4/c1-11-6-3-4-10(11,9(14)15-2)8(13)7(12)5-6/h6-7,12H,3-5H2,1-2H3/t6-,7?,10-/m0/s1. The number of methoxy groups -OCH3 is 1. The van der Waals surface area contributed by atoms with Gasteiger partial charge in [0, 0.05) is 6.04 Å². The van der Waals surface area contributed by atoms with Crippen molar-refractivity contribution in [2.24, 2.45) is 0 Å². The zero-order valence-electron chi connectivity index (χ0n) is 8.90. The number of hydrogen-bond donors (Lipinski definition) is 1. The predicted molar refractivity (Wildman–Crippen MR) is 51.2 cm³/mol. The van der Waals surface area contributed by atoms with Crippen molar-refractivity contribution in [1.82, 2.24) is 4.90 Å². The predicted octanol–water partition coefficient (Wildman–Crippen LogP) is -0.674. The van der Waals surface area contributed by atoms with E-state index in [1.807, 2.05) is 0 Å². The summed E-state index contributed by atoms with van der Waals surface area (Å²) in [5.41, 5.74) is -1.23. The van der Waals surface area contributed by atoms with Gasteiger partial charge in [0.15, 0.2) is 11.3 Å². The quantitative estimate of drug-likeness (QED) is 0.462.